The molecule has 0 aromatic rings. The average Bonchev–Trinajstić information content (AvgIpc) is 2.53. The fraction of sp³-hybridized carbons (Fsp3) is 0.818. The zero-order chi connectivity index (χ0) is 14.8. The van der Waals surface area contributed by atoms with Crippen LogP contribution in [0.25, 0.3) is 0 Å². The highest BCUT2D eigenvalue weighted by Gasteiger charge is 2.40. The summed E-state index contributed by atoms with van der Waals surface area (Å²) in [4.78, 5) is 23.8. The van der Waals surface area contributed by atoms with E-state index in [0.29, 0.717) is 4.90 Å². The van der Waals surface area contributed by atoms with Gasteiger partial charge in [0.15, 0.2) is 0 Å². The van der Waals surface area contributed by atoms with Crippen molar-refractivity contribution in [2.75, 3.05) is 19.6 Å². The largest absolute Gasteiger partial charge is 0.406 e. The summed E-state index contributed by atoms with van der Waals surface area (Å²) in [7, 11) is 0. The number of halogens is 4. The van der Waals surface area contributed by atoms with Crippen molar-refractivity contribution in [1.29, 1.82) is 0 Å². The fourth-order valence-corrected chi connectivity index (χ4v) is 1.78. The minimum Gasteiger partial charge on any atom is -0.354 e. The van der Waals surface area contributed by atoms with Crippen LogP contribution in [0.5, 0.6) is 0 Å². The summed E-state index contributed by atoms with van der Waals surface area (Å²) < 4.78 is 36.6. The summed E-state index contributed by atoms with van der Waals surface area (Å²) in [6.45, 7) is 2.12. The van der Waals surface area contributed by atoms with Crippen molar-refractivity contribution in [3.8, 4) is 0 Å². The number of nitrogens with two attached hydrogens (primary N) is 1. The van der Waals surface area contributed by atoms with Crippen LogP contribution in [0.2, 0.25) is 0 Å². The quantitative estimate of drug-likeness (QED) is 0.800. The molecule has 1 fully saturated rings. The molecule has 0 saturated carbocycles. The molecule has 118 valence electrons. The van der Waals surface area contributed by atoms with Crippen molar-refractivity contribution in [3.63, 3.8) is 0 Å². The molecule has 20 heavy (non-hydrogen) atoms. The number of rotatable bonds is 4. The van der Waals surface area contributed by atoms with Crippen molar-refractivity contribution >= 4 is 24.2 Å². The zero-order valence-corrected chi connectivity index (χ0v) is 12.1. The van der Waals surface area contributed by atoms with E-state index in [1.165, 1.54) is 0 Å². The Bertz CT molecular complexity index is 369. The predicted molar refractivity (Wildman–Crippen MR) is 69.3 cm³/mol. The normalized spacial score (nSPS) is 19.8. The lowest BCUT2D eigenvalue weighted by Gasteiger charge is -2.21. The van der Waals surface area contributed by atoms with Crippen molar-refractivity contribution < 1.29 is 22.8 Å². The Balaban J connectivity index is 0.00000361. The molecule has 5 nitrogen and oxygen atoms in total. The molecule has 0 spiro atoms. The summed E-state index contributed by atoms with van der Waals surface area (Å²) in [5.41, 5.74) is 5.07. The van der Waals surface area contributed by atoms with Crippen molar-refractivity contribution in [3.05, 3.63) is 0 Å². The molecular weight excluding hydrogens is 299 g/mol. The molecule has 0 radical (unpaired) electrons. The molecular formula is C11H19ClF3N3O2. The van der Waals surface area contributed by atoms with Crippen LogP contribution < -0.4 is 11.1 Å². The van der Waals surface area contributed by atoms with E-state index in [-0.39, 0.29) is 31.9 Å². The first-order valence-corrected chi connectivity index (χ1v) is 5.89. The molecule has 1 saturated heterocycles. The van der Waals surface area contributed by atoms with Gasteiger partial charge in [-0.05, 0) is 13.8 Å². The van der Waals surface area contributed by atoms with Gasteiger partial charge in [0.2, 0.25) is 11.8 Å². The second-order valence-electron chi connectivity index (χ2n) is 5.50. The van der Waals surface area contributed by atoms with E-state index in [1.807, 2.05) is 0 Å². The van der Waals surface area contributed by atoms with Gasteiger partial charge >= 0.3 is 6.18 Å². The van der Waals surface area contributed by atoms with Crippen molar-refractivity contribution in [2.24, 2.45) is 11.7 Å². The number of likely N-dealkylation sites (tertiary alicyclic amines) is 1. The van der Waals surface area contributed by atoms with Gasteiger partial charge in [0, 0.05) is 25.0 Å². The first-order chi connectivity index (χ1) is 8.48. The maximum Gasteiger partial charge on any atom is 0.406 e. The molecule has 1 aliphatic heterocycles. The molecule has 1 aliphatic rings. The van der Waals surface area contributed by atoms with E-state index >= 15 is 0 Å². The van der Waals surface area contributed by atoms with Crippen molar-refractivity contribution in [2.45, 2.75) is 32.0 Å². The molecule has 1 rings (SSSR count). The van der Waals surface area contributed by atoms with Gasteiger partial charge in [-0.3, -0.25) is 9.59 Å². The van der Waals surface area contributed by atoms with Crippen LogP contribution in [0.4, 0.5) is 13.2 Å². The standard InChI is InChI=1S/C11H18F3N3O2.ClH/c1-10(2,15)5-16-9(19)7-3-8(18)17(4-7)6-11(12,13)14;/h7H,3-6,15H2,1-2H3,(H,16,19);1H. The Morgan fingerprint density at radius 2 is 2.00 bits per heavy atom. The number of amides is 2. The van der Waals surface area contributed by atoms with Crippen LogP contribution >= 0.6 is 12.4 Å². The SMILES string of the molecule is CC(C)(N)CNC(=O)C1CC(=O)N(CC(F)(F)F)C1.Cl. The molecule has 1 atom stereocenters. The van der Waals surface area contributed by atoms with Crippen molar-refractivity contribution in [1.82, 2.24) is 10.2 Å². The highest BCUT2D eigenvalue weighted by Crippen LogP contribution is 2.23. The number of hydrogen-bond donors (Lipinski definition) is 2. The number of alkyl halides is 3. The van der Waals surface area contributed by atoms with Crippen LogP contribution in [-0.4, -0.2) is 48.1 Å². The van der Waals surface area contributed by atoms with Crippen LogP contribution in [0, 0.1) is 5.92 Å². The maximum absolute atomic E-state index is 12.2. The third kappa shape index (κ3) is 6.42. The van der Waals surface area contributed by atoms with Gasteiger partial charge in [-0.25, -0.2) is 0 Å². The van der Waals surface area contributed by atoms with Crippen LogP contribution in [0.15, 0.2) is 0 Å². The molecule has 2 amide bonds. The molecule has 1 unspecified atom stereocenters. The van der Waals surface area contributed by atoms with E-state index in [1.54, 1.807) is 13.8 Å². The zero-order valence-electron chi connectivity index (χ0n) is 11.3. The van der Waals surface area contributed by atoms with Gasteiger partial charge in [-0.15, -0.1) is 12.4 Å². The number of carbonyl (C=O) groups excluding carboxylic acids is 2. The Kier molecular flexibility index (Phi) is 6.28. The molecule has 0 aromatic carbocycles. The Labute approximate surface area is 121 Å². The lowest BCUT2D eigenvalue weighted by molar-refractivity contribution is -0.157. The van der Waals surface area contributed by atoms with E-state index in [0.717, 1.165) is 0 Å². The third-order valence-corrected chi connectivity index (χ3v) is 2.67. The van der Waals surface area contributed by atoms with E-state index in [4.69, 9.17) is 5.73 Å². The van der Waals surface area contributed by atoms with Gasteiger partial charge in [0.1, 0.15) is 6.54 Å². The molecule has 1 heterocycles. The lowest BCUT2D eigenvalue weighted by atomic mass is 10.1. The number of carbonyl (C=O) groups is 2. The van der Waals surface area contributed by atoms with E-state index in [2.05, 4.69) is 5.32 Å². The van der Waals surface area contributed by atoms with Gasteiger partial charge < -0.3 is 16.0 Å². The van der Waals surface area contributed by atoms with Gasteiger partial charge in [-0.2, -0.15) is 13.2 Å². The summed E-state index contributed by atoms with van der Waals surface area (Å²) >= 11 is 0. The van der Waals surface area contributed by atoms with Gasteiger partial charge in [-0.1, -0.05) is 0 Å². The molecule has 0 bridgehead atoms. The molecule has 0 aliphatic carbocycles. The lowest BCUT2D eigenvalue weighted by Crippen LogP contribution is -2.47. The highest BCUT2D eigenvalue weighted by molar-refractivity contribution is 5.89. The highest BCUT2D eigenvalue weighted by atomic mass is 35.5. The third-order valence-electron chi connectivity index (χ3n) is 2.67. The second kappa shape index (κ2) is 6.62. The Hall–Kier alpha value is -1.02. The van der Waals surface area contributed by atoms with E-state index in [9.17, 15) is 22.8 Å². The summed E-state index contributed by atoms with van der Waals surface area (Å²) in [6, 6.07) is 0. The Morgan fingerprint density at radius 3 is 2.45 bits per heavy atom. The number of hydrogen-bond acceptors (Lipinski definition) is 3. The van der Waals surface area contributed by atoms with Crippen LogP contribution in [0.1, 0.15) is 20.3 Å². The smallest absolute Gasteiger partial charge is 0.354 e. The minimum atomic E-state index is -4.44. The topological polar surface area (TPSA) is 75.4 Å². The maximum atomic E-state index is 12.2. The molecule has 3 N–H and O–H groups in total. The van der Waals surface area contributed by atoms with E-state index < -0.39 is 36.0 Å². The summed E-state index contributed by atoms with van der Waals surface area (Å²) in [5.74, 6) is -1.82. The van der Waals surface area contributed by atoms with Crippen LogP contribution in [0.3, 0.4) is 0 Å². The fourth-order valence-electron chi connectivity index (χ4n) is 1.78. The molecule has 0 aromatic heterocycles. The number of nitrogens with zero attached hydrogens (tertiary/aromatic N) is 1. The second-order valence-corrected chi connectivity index (χ2v) is 5.50. The summed E-state index contributed by atoms with van der Waals surface area (Å²) in [5, 5.41) is 2.54. The predicted octanol–water partition coefficient (Wildman–Crippen LogP) is 0.672. The van der Waals surface area contributed by atoms with Crippen LogP contribution in [-0.2, 0) is 9.59 Å². The van der Waals surface area contributed by atoms with Gasteiger partial charge in [0.25, 0.3) is 0 Å². The first kappa shape index (κ1) is 19.0. The number of nitrogens with one attached hydrogen (secondary N) is 1. The first-order valence-electron chi connectivity index (χ1n) is 5.89. The summed E-state index contributed by atoms with van der Waals surface area (Å²) in [6.07, 6.45) is -4.63. The molecule has 9 heteroatoms. The van der Waals surface area contributed by atoms with Gasteiger partial charge in [0.05, 0.1) is 5.92 Å². The Morgan fingerprint density at radius 1 is 1.45 bits per heavy atom. The minimum absolute atomic E-state index is 0. The average molecular weight is 318 g/mol. The monoisotopic (exact) mass is 317 g/mol.